The minimum Gasteiger partial charge on any atom is -0.481 e. The molecule has 5 unspecified atom stereocenters. The zero-order valence-electron chi connectivity index (χ0n) is 19.2. The monoisotopic (exact) mass is 462 g/mol. The van der Waals surface area contributed by atoms with E-state index in [0.29, 0.717) is 11.8 Å². The van der Waals surface area contributed by atoms with Crippen molar-refractivity contribution < 1.29 is 24.2 Å². The van der Waals surface area contributed by atoms with Gasteiger partial charge in [-0.1, -0.05) is 55.5 Å². The van der Waals surface area contributed by atoms with Crippen LogP contribution in [-0.2, 0) is 14.3 Å². The van der Waals surface area contributed by atoms with Gasteiger partial charge in [-0.15, -0.1) is 0 Å². The van der Waals surface area contributed by atoms with Crippen LogP contribution in [0.3, 0.4) is 0 Å². The zero-order chi connectivity index (χ0) is 23.8. The number of ether oxygens (including phenoxy) is 1. The topological polar surface area (TPSA) is 105 Å². The molecule has 3 N–H and O–H groups in total. The highest BCUT2D eigenvalue weighted by Gasteiger charge is 2.45. The van der Waals surface area contributed by atoms with Crippen LogP contribution in [0.4, 0.5) is 4.79 Å². The molecule has 2 aromatic rings. The highest BCUT2D eigenvalue weighted by Crippen LogP contribution is 2.51. The molecule has 0 aliphatic heterocycles. The number of carbonyl (C=O) groups excluding carboxylic acids is 2. The molecule has 7 heteroatoms. The number of amides is 2. The minimum atomic E-state index is -1.18. The molecule has 5 rings (SSSR count). The second-order valence-electron chi connectivity index (χ2n) is 9.94. The lowest BCUT2D eigenvalue weighted by Crippen LogP contribution is -2.52. The molecule has 0 bridgehead atoms. The fourth-order valence-corrected chi connectivity index (χ4v) is 5.74. The third-order valence-corrected chi connectivity index (χ3v) is 7.65. The molecular weight excluding hydrogens is 432 g/mol. The molecule has 0 heterocycles. The second-order valence-corrected chi connectivity index (χ2v) is 9.94. The summed E-state index contributed by atoms with van der Waals surface area (Å²) in [5, 5.41) is 14.8. The lowest BCUT2D eigenvalue weighted by atomic mass is 9.86. The maximum Gasteiger partial charge on any atom is 0.407 e. The van der Waals surface area contributed by atoms with Gasteiger partial charge in [0.1, 0.15) is 12.6 Å². The predicted molar refractivity (Wildman–Crippen MR) is 126 cm³/mol. The fourth-order valence-electron chi connectivity index (χ4n) is 5.74. The predicted octanol–water partition coefficient (Wildman–Crippen LogP) is 3.92. The van der Waals surface area contributed by atoms with Crippen LogP contribution >= 0.6 is 0 Å². The largest absolute Gasteiger partial charge is 0.481 e. The Morgan fingerprint density at radius 2 is 1.59 bits per heavy atom. The summed E-state index contributed by atoms with van der Waals surface area (Å²) in [7, 11) is 0. The van der Waals surface area contributed by atoms with E-state index >= 15 is 0 Å². The van der Waals surface area contributed by atoms with Crippen LogP contribution in [0.1, 0.15) is 49.7 Å². The van der Waals surface area contributed by atoms with Gasteiger partial charge in [0.05, 0.1) is 6.42 Å². The number of carboxylic acid groups (broad SMARTS) is 1. The van der Waals surface area contributed by atoms with Gasteiger partial charge in [-0.2, -0.15) is 0 Å². The molecule has 5 atom stereocenters. The first-order valence-corrected chi connectivity index (χ1v) is 12.0. The molecule has 2 amide bonds. The van der Waals surface area contributed by atoms with Crippen molar-refractivity contribution in [2.45, 2.75) is 50.6 Å². The summed E-state index contributed by atoms with van der Waals surface area (Å²) in [6.45, 7) is 2.22. The van der Waals surface area contributed by atoms with Gasteiger partial charge in [0.15, 0.2) is 0 Å². The fraction of sp³-hybridized carbons (Fsp3) is 0.444. The van der Waals surface area contributed by atoms with E-state index in [4.69, 9.17) is 4.74 Å². The smallest absolute Gasteiger partial charge is 0.407 e. The van der Waals surface area contributed by atoms with E-state index < -0.39 is 30.4 Å². The Balaban J connectivity index is 1.22. The molecule has 34 heavy (non-hydrogen) atoms. The number of alkyl carbamates (subject to hydrolysis) is 1. The number of benzene rings is 2. The summed E-state index contributed by atoms with van der Waals surface area (Å²) < 4.78 is 5.51. The highest BCUT2D eigenvalue weighted by atomic mass is 16.5. The third kappa shape index (κ3) is 4.52. The zero-order valence-corrected chi connectivity index (χ0v) is 19.2. The Morgan fingerprint density at radius 1 is 0.971 bits per heavy atom. The van der Waals surface area contributed by atoms with E-state index in [0.717, 1.165) is 41.0 Å². The van der Waals surface area contributed by atoms with Crippen LogP contribution in [-0.4, -0.2) is 41.8 Å². The average molecular weight is 463 g/mol. The number of hydrogen-bond acceptors (Lipinski definition) is 4. The van der Waals surface area contributed by atoms with Gasteiger partial charge in [-0.3, -0.25) is 9.59 Å². The van der Waals surface area contributed by atoms with Crippen molar-refractivity contribution >= 4 is 18.0 Å². The number of carbonyl (C=O) groups is 3. The number of nitrogens with one attached hydrogen (secondary N) is 2. The van der Waals surface area contributed by atoms with Gasteiger partial charge in [0, 0.05) is 12.0 Å². The van der Waals surface area contributed by atoms with Crippen LogP contribution in [0.15, 0.2) is 48.5 Å². The number of hydrogen-bond donors (Lipinski definition) is 3. The first kappa shape index (κ1) is 22.4. The van der Waals surface area contributed by atoms with Crippen molar-refractivity contribution in [1.82, 2.24) is 10.6 Å². The van der Waals surface area contributed by atoms with E-state index in [1.807, 2.05) is 36.4 Å². The van der Waals surface area contributed by atoms with E-state index in [1.165, 1.54) is 6.42 Å². The minimum absolute atomic E-state index is 0.0110. The van der Waals surface area contributed by atoms with Gasteiger partial charge < -0.3 is 20.5 Å². The molecule has 3 aliphatic rings. The number of aliphatic carboxylic acids is 1. The Bertz CT molecular complexity index is 1070. The highest BCUT2D eigenvalue weighted by molar-refractivity contribution is 5.89. The standard InChI is InChI=1S/C27H30N2O5/c1-15-10-16-11-17(16)12-23(15)28-26(32)24(13-25(30)31)29-27(33)34-14-22-20-8-4-2-6-18(20)19-7-3-5-9-21(19)22/h2-9,15-17,22-24H,10-14H2,1H3,(H,28,32)(H,29,33)(H,30,31). The van der Waals surface area contributed by atoms with Gasteiger partial charge >= 0.3 is 12.1 Å². The molecular formula is C27H30N2O5. The Morgan fingerprint density at radius 3 is 2.24 bits per heavy atom. The van der Waals surface area contributed by atoms with Crippen molar-refractivity contribution in [2.24, 2.45) is 17.8 Å². The number of carboxylic acids is 1. The summed E-state index contributed by atoms with van der Waals surface area (Å²) in [4.78, 5) is 36.9. The second kappa shape index (κ2) is 9.12. The molecule has 178 valence electrons. The molecule has 2 saturated carbocycles. The van der Waals surface area contributed by atoms with Crippen molar-refractivity contribution in [3.8, 4) is 11.1 Å². The SMILES string of the molecule is CC1CC2CC2CC1NC(=O)C(CC(=O)O)NC(=O)OCC1c2ccccc2-c2ccccc21. The van der Waals surface area contributed by atoms with Crippen molar-refractivity contribution in [1.29, 1.82) is 0 Å². The first-order valence-electron chi connectivity index (χ1n) is 12.0. The van der Waals surface area contributed by atoms with E-state index in [2.05, 4.69) is 29.7 Å². The maximum atomic E-state index is 12.9. The summed E-state index contributed by atoms with van der Waals surface area (Å²) in [6, 6.07) is 14.9. The third-order valence-electron chi connectivity index (χ3n) is 7.65. The van der Waals surface area contributed by atoms with Crippen molar-refractivity contribution in [3.05, 3.63) is 59.7 Å². The quantitative estimate of drug-likeness (QED) is 0.579. The summed E-state index contributed by atoms with van der Waals surface area (Å²) in [5.74, 6) is 0.0449. The lowest BCUT2D eigenvalue weighted by molar-refractivity contribution is -0.140. The van der Waals surface area contributed by atoms with E-state index in [9.17, 15) is 19.5 Å². The van der Waals surface area contributed by atoms with Gasteiger partial charge in [-0.05, 0) is 59.3 Å². The van der Waals surface area contributed by atoms with Gasteiger partial charge in [-0.25, -0.2) is 4.79 Å². The van der Waals surface area contributed by atoms with Crippen LogP contribution in [0, 0.1) is 17.8 Å². The molecule has 0 radical (unpaired) electrons. The van der Waals surface area contributed by atoms with Crippen LogP contribution in [0.5, 0.6) is 0 Å². The van der Waals surface area contributed by atoms with Gasteiger partial charge in [0.25, 0.3) is 0 Å². The Kier molecular flexibility index (Phi) is 6.02. The van der Waals surface area contributed by atoms with Crippen LogP contribution in [0.2, 0.25) is 0 Å². The van der Waals surface area contributed by atoms with Crippen LogP contribution < -0.4 is 10.6 Å². The molecule has 3 aliphatic carbocycles. The summed E-state index contributed by atoms with van der Waals surface area (Å²) >= 11 is 0. The molecule has 2 aromatic carbocycles. The number of fused-ring (bicyclic) bond motifs is 4. The lowest BCUT2D eigenvalue weighted by Gasteiger charge is -2.30. The normalized spacial score (nSPS) is 25.3. The van der Waals surface area contributed by atoms with Crippen molar-refractivity contribution in [2.75, 3.05) is 6.61 Å². The molecule has 7 nitrogen and oxygen atoms in total. The van der Waals surface area contributed by atoms with E-state index in [1.54, 1.807) is 0 Å². The van der Waals surface area contributed by atoms with Gasteiger partial charge in [0.2, 0.25) is 5.91 Å². The molecule has 0 saturated heterocycles. The Hall–Kier alpha value is -3.35. The molecule has 0 aromatic heterocycles. The summed E-state index contributed by atoms with van der Waals surface area (Å²) in [5.41, 5.74) is 4.41. The first-order chi connectivity index (χ1) is 16.4. The molecule has 0 spiro atoms. The van der Waals surface area contributed by atoms with Crippen molar-refractivity contribution in [3.63, 3.8) is 0 Å². The number of rotatable bonds is 7. The van der Waals surface area contributed by atoms with Crippen LogP contribution in [0.25, 0.3) is 11.1 Å². The van der Waals surface area contributed by atoms with E-state index in [-0.39, 0.29) is 18.6 Å². The molecule has 2 fully saturated rings. The maximum absolute atomic E-state index is 12.9. The Labute approximate surface area is 198 Å². The summed E-state index contributed by atoms with van der Waals surface area (Å²) in [6.07, 6.45) is 1.93. The average Bonchev–Trinajstić information content (AvgIpc) is 3.49.